The van der Waals surface area contributed by atoms with Crippen LogP contribution in [0.15, 0.2) is 42.5 Å². The van der Waals surface area contributed by atoms with Crippen LogP contribution < -0.4 is 4.74 Å². The number of halogens is 1. The van der Waals surface area contributed by atoms with E-state index in [-0.39, 0.29) is 17.1 Å². The van der Waals surface area contributed by atoms with Crippen LogP contribution in [0.25, 0.3) is 0 Å². The Hall–Kier alpha value is -2.04. The predicted molar refractivity (Wildman–Crippen MR) is 95.7 cm³/mol. The number of benzene rings is 2. The Bertz CT molecular complexity index is 714. The van der Waals surface area contributed by atoms with Gasteiger partial charge in [-0.15, -0.1) is 0 Å². The second kappa shape index (κ2) is 7.69. The number of quaternary nitrogens is 1. The zero-order chi connectivity index (χ0) is 17.7. The molecule has 0 aliphatic carbocycles. The van der Waals surface area contributed by atoms with Crippen LogP contribution in [0.4, 0.5) is 0 Å². The van der Waals surface area contributed by atoms with E-state index in [2.05, 4.69) is 0 Å². The van der Waals surface area contributed by atoms with Crippen molar-refractivity contribution < 1.29 is 19.1 Å². The van der Waals surface area contributed by atoms with E-state index in [1.165, 1.54) is 13.0 Å². The number of aromatic hydroxyl groups is 1. The van der Waals surface area contributed by atoms with Gasteiger partial charge in [-0.25, -0.2) is 0 Å². The molecule has 0 aliphatic rings. The topological polar surface area (TPSA) is 46.5 Å². The zero-order valence-corrected chi connectivity index (χ0v) is 15.0. The number of carbonyl (C=O) groups is 1. The number of likely N-dealkylation sites (N-methyl/N-ethyl adjacent to an activating group) is 1. The van der Waals surface area contributed by atoms with Gasteiger partial charge in [-0.1, -0.05) is 29.8 Å². The van der Waals surface area contributed by atoms with Crippen LogP contribution in [0.2, 0.25) is 5.02 Å². The molecule has 0 atom stereocenters. The second-order valence-electron chi connectivity index (χ2n) is 6.50. The molecule has 0 heterocycles. The van der Waals surface area contributed by atoms with Crippen molar-refractivity contribution >= 4 is 17.4 Å². The lowest BCUT2D eigenvalue weighted by molar-refractivity contribution is -0.903. The third-order valence-electron chi connectivity index (χ3n) is 3.84. The highest BCUT2D eigenvalue weighted by Crippen LogP contribution is 2.29. The summed E-state index contributed by atoms with van der Waals surface area (Å²) in [6.45, 7) is 3.27. The number of carbonyl (C=O) groups excluding carboxylic acids is 1. The number of ketones is 1. The van der Waals surface area contributed by atoms with Gasteiger partial charge in [0.1, 0.15) is 31.2 Å². The van der Waals surface area contributed by atoms with E-state index in [9.17, 15) is 9.90 Å². The van der Waals surface area contributed by atoms with Gasteiger partial charge < -0.3 is 14.3 Å². The number of para-hydroxylation sites is 1. The summed E-state index contributed by atoms with van der Waals surface area (Å²) in [6, 6.07) is 12.9. The summed E-state index contributed by atoms with van der Waals surface area (Å²) < 4.78 is 6.33. The van der Waals surface area contributed by atoms with Crippen molar-refractivity contribution in [3.05, 3.63) is 58.6 Å². The van der Waals surface area contributed by atoms with E-state index >= 15 is 0 Å². The number of hydrogen-bond acceptors (Lipinski definition) is 3. The number of phenols is 1. The van der Waals surface area contributed by atoms with Crippen LogP contribution in [-0.2, 0) is 6.54 Å². The first-order valence-electron chi connectivity index (χ1n) is 7.81. The Morgan fingerprint density at radius 1 is 1.21 bits per heavy atom. The van der Waals surface area contributed by atoms with Gasteiger partial charge in [-0.05, 0) is 31.2 Å². The lowest BCUT2D eigenvalue weighted by Gasteiger charge is -2.30. The molecule has 24 heavy (non-hydrogen) atoms. The van der Waals surface area contributed by atoms with Crippen molar-refractivity contribution in [3.63, 3.8) is 0 Å². The molecular weight excluding hydrogens is 326 g/mol. The minimum Gasteiger partial charge on any atom is -0.507 e. The van der Waals surface area contributed by atoms with Crippen LogP contribution in [-0.4, -0.2) is 42.6 Å². The summed E-state index contributed by atoms with van der Waals surface area (Å²) in [5.41, 5.74) is 0.926. The van der Waals surface area contributed by atoms with Gasteiger partial charge in [-0.2, -0.15) is 0 Å². The lowest BCUT2D eigenvalue weighted by Crippen LogP contribution is -2.42. The Labute approximate surface area is 147 Å². The first-order chi connectivity index (χ1) is 11.3. The molecule has 0 radical (unpaired) electrons. The van der Waals surface area contributed by atoms with Gasteiger partial charge in [0.05, 0.1) is 25.2 Å². The fraction of sp³-hybridized carbons (Fsp3) is 0.316. The molecule has 0 fully saturated rings. The normalized spacial score (nSPS) is 11.3. The predicted octanol–water partition coefficient (Wildman–Crippen LogP) is 3.90. The van der Waals surface area contributed by atoms with Crippen LogP contribution >= 0.6 is 11.6 Å². The summed E-state index contributed by atoms with van der Waals surface area (Å²) in [4.78, 5) is 11.6. The average Bonchev–Trinajstić information content (AvgIpc) is 2.51. The number of Topliss-reactive ketones (excluding diaryl/α,β-unsaturated/α-hetero) is 1. The van der Waals surface area contributed by atoms with Crippen LogP contribution in [0.1, 0.15) is 22.8 Å². The maximum Gasteiger partial charge on any atom is 0.163 e. The summed E-state index contributed by atoms with van der Waals surface area (Å²) in [5.74, 6) is 0.651. The first-order valence-corrected chi connectivity index (χ1v) is 8.18. The molecule has 0 aliphatic heterocycles. The summed E-state index contributed by atoms with van der Waals surface area (Å²) >= 11 is 6.08. The second-order valence-corrected chi connectivity index (χ2v) is 6.93. The number of nitrogens with zero attached hydrogens (tertiary/aromatic N) is 1. The van der Waals surface area contributed by atoms with Gasteiger partial charge in [0.25, 0.3) is 0 Å². The average molecular weight is 349 g/mol. The minimum absolute atomic E-state index is 0.0158. The van der Waals surface area contributed by atoms with E-state index < -0.39 is 0 Å². The largest absolute Gasteiger partial charge is 0.507 e. The van der Waals surface area contributed by atoms with Gasteiger partial charge >= 0.3 is 0 Å². The van der Waals surface area contributed by atoms with Crippen molar-refractivity contribution in [3.8, 4) is 11.5 Å². The molecule has 4 nitrogen and oxygen atoms in total. The number of phenolic OH excluding ortho intramolecular Hbond substituents is 1. The van der Waals surface area contributed by atoms with Gasteiger partial charge in [0, 0.05) is 5.02 Å². The van der Waals surface area contributed by atoms with E-state index in [0.29, 0.717) is 28.2 Å². The maximum atomic E-state index is 11.6. The van der Waals surface area contributed by atoms with E-state index in [4.69, 9.17) is 16.3 Å². The molecule has 0 saturated carbocycles. The van der Waals surface area contributed by atoms with Gasteiger partial charge in [-0.3, -0.25) is 4.79 Å². The number of hydrogen-bond donors (Lipinski definition) is 1. The molecule has 2 rings (SSSR count). The SMILES string of the molecule is CC(=O)c1cc(Cl)cc(C[N+](C)(C)CCOc2ccccc2)c1O. The molecule has 2 aromatic rings. The molecule has 0 aromatic heterocycles. The smallest absolute Gasteiger partial charge is 0.163 e. The third kappa shape index (κ3) is 4.98. The Morgan fingerprint density at radius 3 is 2.50 bits per heavy atom. The number of ether oxygens (including phenoxy) is 1. The van der Waals surface area contributed by atoms with Crippen LogP contribution in [0, 0.1) is 0 Å². The quantitative estimate of drug-likeness (QED) is 0.609. The molecular formula is C19H23ClNO3+. The fourth-order valence-electron chi connectivity index (χ4n) is 2.51. The lowest BCUT2D eigenvalue weighted by atomic mass is 10.0. The minimum atomic E-state index is -0.200. The monoisotopic (exact) mass is 348 g/mol. The molecule has 5 heteroatoms. The van der Waals surface area contributed by atoms with Crippen molar-refractivity contribution in [2.45, 2.75) is 13.5 Å². The van der Waals surface area contributed by atoms with Crippen LogP contribution in [0.3, 0.4) is 0 Å². The van der Waals surface area contributed by atoms with Crippen molar-refractivity contribution in [2.24, 2.45) is 0 Å². The maximum absolute atomic E-state index is 11.6. The summed E-state index contributed by atoms with van der Waals surface area (Å²) in [7, 11) is 4.09. The fourth-order valence-corrected chi connectivity index (χ4v) is 2.75. The van der Waals surface area contributed by atoms with E-state index in [1.807, 2.05) is 44.4 Å². The zero-order valence-electron chi connectivity index (χ0n) is 14.3. The first kappa shape index (κ1) is 18.3. The molecule has 0 spiro atoms. The van der Waals surface area contributed by atoms with Gasteiger partial charge in [0.15, 0.2) is 5.78 Å². The molecule has 2 aromatic carbocycles. The Balaban J connectivity index is 2.04. The molecule has 128 valence electrons. The third-order valence-corrected chi connectivity index (χ3v) is 4.06. The molecule has 0 amide bonds. The summed E-state index contributed by atoms with van der Waals surface area (Å²) in [6.07, 6.45) is 0. The summed E-state index contributed by atoms with van der Waals surface area (Å²) in [5, 5.41) is 10.8. The highest BCUT2D eigenvalue weighted by molar-refractivity contribution is 6.31. The molecule has 0 saturated heterocycles. The highest BCUT2D eigenvalue weighted by Gasteiger charge is 2.21. The highest BCUT2D eigenvalue weighted by atomic mass is 35.5. The molecule has 1 N–H and O–H groups in total. The van der Waals surface area contributed by atoms with Crippen molar-refractivity contribution in [1.29, 1.82) is 0 Å². The number of rotatable bonds is 7. The molecule has 0 bridgehead atoms. The van der Waals surface area contributed by atoms with Crippen molar-refractivity contribution in [1.82, 2.24) is 0 Å². The van der Waals surface area contributed by atoms with E-state index in [1.54, 1.807) is 6.07 Å². The van der Waals surface area contributed by atoms with Crippen LogP contribution in [0.5, 0.6) is 11.5 Å². The Morgan fingerprint density at radius 2 is 1.88 bits per heavy atom. The van der Waals surface area contributed by atoms with Gasteiger partial charge in [0.2, 0.25) is 0 Å². The van der Waals surface area contributed by atoms with E-state index in [0.717, 1.165) is 12.3 Å². The molecule has 0 unspecified atom stereocenters. The van der Waals surface area contributed by atoms with Crippen molar-refractivity contribution in [2.75, 3.05) is 27.2 Å². The Kier molecular flexibility index (Phi) is 5.86. The standard InChI is InChI=1S/C19H22ClNO3/c1-14(22)18-12-16(20)11-15(19(18)23)13-21(2,3)9-10-24-17-7-5-4-6-8-17/h4-8,11-12H,9-10,13H2,1-3H3/p+1.